The smallest absolute Gasteiger partial charge is 0.265 e. The average molecular weight is 377 g/mol. The number of nitrogens with one attached hydrogen (secondary N) is 1. The number of carbonyl (C=O) groups excluding carboxylic acids is 1. The van der Waals surface area contributed by atoms with E-state index in [-0.39, 0.29) is 5.91 Å². The highest BCUT2D eigenvalue weighted by atomic mass is 32.1. The summed E-state index contributed by atoms with van der Waals surface area (Å²) >= 11 is 1.57. The van der Waals surface area contributed by atoms with Crippen LogP contribution in [0.15, 0.2) is 66.3 Å². The zero-order valence-corrected chi connectivity index (χ0v) is 15.9. The second kappa shape index (κ2) is 7.25. The van der Waals surface area contributed by atoms with Crippen molar-refractivity contribution in [1.29, 1.82) is 0 Å². The minimum absolute atomic E-state index is 0.204. The predicted octanol–water partition coefficient (Wildman–Crippen LogP) is 4.78. The van der Waals surface area contributed by atoms with Crippen molar-refractivity contribution in [1.82, 2.24) is 9.38 Å². The second-order valence-corrected chi connectivity index (χ2v) is 7.20. The molecule has 0 saturated carbocycles. The topological polar surface area (TPSA) is 55.6 Å². The first-order valence-electron chi connectivity index (χ1n) is 8.66. The lowest BCUT2D eigenvalue weighted by Crippen LogP contribution is -2.30. The van der Waals surface area contributed by atoms with Crippen molar-refractivity contribution in [3.63, 3.8) is 0 Å². The maximum absolute atomic E-state index is 12.6. The van der Waals surface area contributed by atoms with Crippen LogP contribution >= 0.6 is 11.3 Å². The summed E-state index contributed by atoms with van der Waals surface area (Å²) in [6, 6.07) is 15.3. The number of hydrogen-bond acceptors (Lipinski definition) is 4. The van der Waals surface area contributed by atoms with Gasteiger partial charge in [-0.1, -0.05) is 30.3 Å². The zero-order valence-electron chi connectivity index (χ0n) is 15.0. The van der Waals surface area contributed by atoms with Crippen LogP contribution in [0.2, 0.25) is 0 Å². The van der Waals surface area contributed by atoms with Crippen molar-refractivity contribution in [2.24, 2.45) is 0 Å². The molecule has 0 saturated heterocycles. The standard InChI is InChI=1S/C21H19N3O2S/c1-14-6-5-7-16(12-14)26-15(2)20(25)22-18-9-4-3-8-17(18)19-13-24-10-11-27-21(24)23-19/h3-13,15H,1-2H3,(H,22,25). The number of hydrogen-bond donors (Lipinski definition) is 1. The summed E-state index contributed by atoms with van der Waals surface area (Å²) < 4.78 is 7.75. The largest absolute Gasteiger partial charge is 0.481 e. The number of anilines is 1. The highest BCUT2D eigenvalue weighted by molar-refractivity contribution is 7.15. The van der Waals surface area contributed by atoms with E-state index in [1.54, 1.807) is 18.3 Å². The molecule has 1 unspecified atom stereocenters. The Morgan fingerprint density at radius 3 is 2.89 bits per heavy atom. The Kier molecular flexibility index (Phi) is 4.64. The summed E-state index contributed by atoms with van der Waals surface area (Å²) in [7, 11) is 0. The molecule has 0 bridgehead atoms. The summed E-state index contributed by atoms with van der Waals surface area (Å²) in [5.74, 6) is 0.477. The number of para-hydroxylation sites is 1. The molecule has 0 radical (unpaired) electrons. The van der Waals surface area contributed by atoms with E-state index in [2.05, 4.69) is 10.3 Å². The maximum atomic E-state index is 12.6. The molecule has 1 atom stereocenters. The predicted molar refractivity (Wildman–Crippen MR) is 108 cm³/mol. The summed E-state index contributed by atoms with van der Waals surface area (Å²) in [4.78, 5) is 18.2. The molecule has 1 amide bonds. The van der Waals surface area contributed by atoms with Crippen LogP contribution in [0.1, 0.15) is 12.5 Å². The van der Waals surface area contributed by atoms with E-state index in [4.69, 9.17) is 4.74 Å². The van der Waals surface area contributed by atoms with Crippen LogP contribution < -0.4 is 10.1 Å². The van der Waals surface area contributed by atoms with Gasteiger partial charge in [0.1, 0.15) is 5.75 Å². The van der Waals surface area contributed by atoms with Crippen molar-refractivity contribution in [3.05, 3.63) is 71.9 Å². The molecular formula is C21H19N3O2S. The van der Waals surface area contributed by atoms with Crippen LogP contribution in [-0.2, 0) is 4.79 Å². The van der Waals surface area contributed by atoms with Gasteiger partial charge in [-0.3, -0.25) is 9.20 Å². The monoisotopic (exact) mass is 377 g/mol. The maximum Gasteiger partial charge on any atom is 0.265 e. The number of rotatable bonds is 5. The molecule has 6 heteroatoms. The fourth-order valence-electron chi connectivity index (χ4n) is 2.85. The van der Waals surface area contributed by atoms with Crippen LogP contribution in [0.4, 0.5) is 5.69 Å². The Bertz CT molecular complexity index is 1070. The number of fused-ring (bicyclic) bond motifs is 1. The Hall–Kier alpha value is -3.12. The number of thiazole rings is 1. The first kappa shape index (κ1) is 17.3. The van der Waals surface area contributed by atoms with Crippen LogP contribution in [0, 0.1) is 6.92 Å². The number of aromatic nitrogens is 2. The second-order valence-electron chi connectivity index (χ2n) is 6.33. The molecule has 27 heavy (non-hydrogen) atoms. The molecule has 2 heterocycles. The van der Waals surface area contributed by atoms with Crippen molar-refractivity contribution < 1.29 is 9.53 Å². The molecule has 4 rings (SSSR count). The van der Waals surface area contributed by atoms with Gasteiger partial charge in [-0.25, -0.2) is 4.98 Å². The molecule has 4 aromatic rings. The van der Waals surface area contributed by atoms with Crippen molar-refractivity contribution in [2.75, 3.05) is 5.32 Å². The molecule has 0 aliphatic rings. The van der Waals surface area contributed by atoms with E-state index >= 15 is 0 Å². The first-order chi connectivity index (χ1) is 13.1. The van der Waals surface area contributed by atoms with E-state index in [0.29, 0.717) is 11.4 Å². The SMILES string of the molecule is Cc1cccc(OC(C)C(=O)Nc2ccccc2-c2cn3ccsc3n2)c1. The molecule has 136 valence electrons. The first-order valence-corrected chi connectivity index (χ1v) is 9.54. The highest BCUT2D eigenvalue weighted by Crippen LogP contribution is 2.28. The molecular weight excluding hydrogens is 358 g/mol. The quantitative estimate of drug-likeness (QED) is 0.545. The summed E-state index contributed by atoms with van der Waals surface area (Å²) in [5.41, 5.74) is 3.51. The van der Waals surface area contributed by atoms with E-state index in [1.165, 1.54) is 0 Å². The molecule has 0 aliphatic carbocycles. The molecule has 5 nitrogen and oxygen atoms in total. The highest BCUT2D eigenvalue weighted by Gasteiger charge is 2.17. The lowest BCUT2D eigenvalue weighted by atomic mass is 10.1. The lowest BCUT2D eigenvalue weighted by molar-refractivity contribution is -0.122. The van der Waals surface area contributed by atoms with E-state index < -0.39 is 6.10 Å². The molecule has 1 N–H and O–H groups in total. The number of carbonyl (C=O) groups is 1. The van der Waals surface area contributed by atoms with Crippen LogP contribution in [0.3, 0.4) is 0 Å². The number of benzene rings is 2. The number of nitrogens with zero attached hydrogens (tertiary/aromatic N) is 2. The molecule has 2 aromatic heterocycles. The third-order valence-corrected chi connectivity index (χ3v) is 5.00. The van der Waals surface area contributed by atoms with Crippen LogP contribution in [-0.4, -0.2) is 21.4 Å². The average Bonchev–Trinajstić information content (AvgIpc) is 3.24. The Morgan fingerprint density at radius 2 is 2.07 bits per heavy atom. The van der Waals surface area contributed by atoms with Gasteiger partial charge in [-0.2, -0.15) is 0 Å². The van der Waals surface area contributed by atoms with Gasteiger partial charge in [0.2, 0.25) is 0 Å². The number of imidazole rings is 1. The van der Waals surface area contributed by atoms with Gasteiger partial charge in [-0.15, -0.1) is 11.3 Å². The number of ether oxygens (including phenoxy) is 1. The van der Waals surface area contributed by atoms with Gasteiger partial charge in [0.25, 0.3) is 5.91 Å². The van der Waals surface area contributed by atoms with Gasteiger partial charge in [0, 0.05) is 23.3 Å². The van der Waals surface area contributed by atoms with E-state index in [9.17, 15) is 4.79 Å². The summed E-state index contributed by atoms with van der Waals surface area (Å²) in [5, 5.41) is 4.96. The number of aryl methyl sites for hydroxylation is 1. The molecule has 0 fully saturated rings. The van der Waals surface area contributed by atoms with Gasteiger partial charge >= 0.3 is 0 Å². The van der Waals surface area contributed by atoms with E-state index in [1.807, 2.05) is 77.6 Å². The Morgan fingerprint density at radius 1 is 1.22 bits per heavy atom. The third kappa shape index (κ3) is 3.71. The van der Waals surface area contributed by atoms with Gasteiger partial charge < -0.3 is 10.1 Å². The third-order valence-electron chi connectivity index (χ3n) is 4.23. The van der Waals surface area contributed by atoms with Crippen molar-refractivity contribution in [3.8, 4) is 17.0 Å². The minimum atomic E-state index is -0.620. The number of amides is 1. The van der Waals surface area contributed by atoms with Gasteiger partial charge in [-0.05, 0) is 37.6 Å². The minimum Gasteiger partial charge on any atom is -0.481 e. The van der Waals surface area contributed by atoms with E-state index in [0.717, 1.165) is 21.8 Å². The van der Waals surface area contributed by atoms with Crippen molar-refractivity contribution >= 4 is 27.9 Å². The van der Waals surface area contributed by atoms with Crippen LogP contribution in [0.25, 0.3) is 16.2 Å². The van der Waals surface area contributed by atoms with Crippen LogP contribution in [0.5, 0.6) is 5.75 Å². The van der Waals surface area contributed by atoms with Crippen molar-refractivity contribution in [2.45, 2.75) is 20.0 Å². The summed E-state index contributed by atoms with van der Waals surface area (Å²) in [6.45, 7) is 3.73. The Labute approximate surface area is 161 Å². The molecule has 0 spiro atoms. The summed E-state index contributed by atoms with van der Waals surface area (Å²) in [6.07, 6.45) is 3.31. The lowest BCUT2D eigenvalue weighted by Gasteiger charge is -2.16. The fourth-order valence-corrected chi connectivity index (χ4v) is 3.55. The van der Waals surface area contributed by atoms with Gasteiger partial charge in [0.05, 0.1) is 11.4 Å². The Balaban J connectivity index is 1.53. The molecule has 2 aromatic carbocycles. The van der Waals surface area contributed by atoms with Gasteiger partial charge in [0.15, 0.2) is 11.1 Å². The fraction of sp³-hybridized carbons (Fsp3) is 0.143. The normalized spacial score (nSPS) is 12.1. The zero-order chi connectivity index (χ0) is 18.8. The molecule has 0 aliphatic heterocycles.